The van der Waals surface area contributed by atoms with Crippen LogP contribution >= 0.6 is 0 Å². The van der Waals surface area contributed by atoms with Gasteiger partial charge in [-0.2, -0.15) is 5.10 Å². The maximum atomic E-state index is 14.7. The van der Waals surface area contributed by atoms with Gasteiger partial charge in [0.2, 0.25) is 0 Å². The summed E-state index contributed by atoms with van der Waals surface area (Å²) in [5, 5.41) is 8.10. The van der Waals surface area contributed by atoms with Crippen molar-refractivity contribution in [2.75, 3.05) is 12.4 Å². The minimum absolute atomic E-state index is 0.306. The summed E-state index contributed by atoms with van der Waals surface area (Å²) in [6.45, 7) is 0. The Morgan fingerprint density at radius 2 is 1.89 bits per heavy atom. The summed E-state index contributed by atoms with van der Waals surface area (Å²) < 4.78 is 21.9. The van der Waals surface area contributed by atoms with E-state index >= 15 is 0 Å². The number of rotatable bonds is 6. The molecule has 9 heteroatoms. The van der Waals surface area contributed by atoms with Crippen molar-refractivity contribution in [2.24, 2.45) is 7.05 Å². The van der Waals surface area contributed by atoms with Crippen molar-refractivity contribution in [3.05, 3.63) is 84.3 Å². The number of halogens is 1. The zero-order valence-corrected chi connectivity index (χ0v) is 20.3. The molecule has 37 heavy (non-hydrogen) atoms. The van der Waals surface area contributed by atoms with Crippen LogP contribution in [0.15, 0.2) is 67.3 Å². The normalized spacial score (nSPS) is 13.1. The number of pyridine rings is 1. The average molecular weight is 495 g/mol. The fourth-order valence-corrected chi connectivity index (χ4v) is 4.43. The van der Waals surface area contributed by atoms with Crippen LogP contribution in [0.3, 0.4) is 0 Å². The van der Waals surface area contributed by atoms with Gasteiger partial charge in [-0.25, -0.2) is 14.4 Å². The lowest BCUT2D eigenvalue weighted by Gasteiger charge is -2.13. The molecule has 3 heterocycles. The second-order valence-electron chi connectivity index (χ2n) is 9.04. The van der Waals surface area contributed by atoms with E-state index in [1.165, 1.54) is 19.5 Å². The number of amides is 1. The lowest BCUT2D eigenvalue weighted by molar-refractivity contribution is 0.102. The molecule has 1 aliphatic carbocycles. The fourth-order valence-electron chi connectivity index (χ4n) is 4.43. The average Bonchev–Trinajstić information content (AvgIpc) is 3.70. The highest BCUT2D eigenvalue weighted by molar-refractivity contribution is 6.07. The number of nitrogens with zero attached hydrogens (tertiary/aromatic N) is 5. The lowest BCUT2D eigenvalue weighted by Crippen LogP contribution is -2.13. The molecule has 2 aromatic carbocycles. The molecule has 0 saturated heterocycles. The first-order chi connectivity index (χ1) is 18.0. The number of carbonyl (C=O) groups is 1. The molecular weight excluding hydrogens is 471 g/mol. The molecule has 6 rings (SSSR count). The molecule has 0 spiro atoms. The molecule has 0 aliphatic heterocycles. The van der Waals surface area contributed by atoms with Crippen molar-refractivity contribution < 1.29 is 13.9 Å². The maximum Gasteiger partial charge on any atom is 0.257 e. The van der Waals surface area contributed by atoms with Crippen LogP contribution < -0.4 is 10.1 Å². The highest BCUT2D eigenvalue weighted by Gasteiger charge is 2.25. The molecular formula is C28H23FN6O2. The Morgan fingerprint density at radius 3 is 2.62 bits per heavy atom. The van der Waals surface area contributed by atoms with E-state index in [4.69, 9.17) is 4.74 Å². The van der Waals surface area contributed by atoms with E-state index < -0.39 is 0 Å². The van der Waals surface area contributed by atoms with Crippen LogP contribution in [0, 0.1) is 5.82 Å². The summed E-state index contributed by atoms with van der Waals surface area (Å²) in [6.07, 6.45) is 7.13. The quantitative estimate of drug-likeness (QED) is 0.341. The molecule has 0 unspecified atom stereocenters. The van der Waals surface area contributed by atoms with E-state index in [1.54, 1.807) is 60.5 Å². The summed E-state index contributed by atoms with van der Waals surface area (Å²) in [5.41, 5.74) is 4.57. The van der Waals surface area contributed by atoms with E-state index in [0.717, 1.165) is 18.5 Å². The molecule has 5 aromatic rings. The Morgan fingerprint density at radius 1 is 1.05 bits per heavy atom. The van der Waals surface area contributed by atoms with Crippen LogP contribution in [-0.4, -0.2) is 37.7 Å². The first kappa shape index (κ1) is 22.8. The van der Waals surface area contributed by atoms with Crippen LogP contribution in [0.2, 0.25) is 0 Å². The van der Waals surface area contributed by atoms with Crippen LogP contribution in [0.25, 0.3) is 33.4 Å². The van der Waals surface area contributed by atoms with Crippen molar-refractivity contribution in [2.45, 2.75) is 18.8 Å². The number of hydrogen-bond acceptors (Lipinski definition) is 6. The highest BCUT2D eigenvalue weighted by atomic mass is 19.1. The molecule has 1 amide bonds. The van der Waals surface area contributed by atoms with E-state index in [1.807, 2.05) is 6.07 Å². The van der Waals surface area contributed by atoms with Crippen LogP contribution in [0.1, 0.15) is 34.8 Å². The Kier molecular flexibility index (Phi) is 5.60. The molecule has 1 N–H and O–H groups in total. The number of ether oxygens (including phenoxy) is 1. The van der Waals surface area contributed by atoms with E-state index in [-0.39, 0.29) is 11.7 Å². The second kappa shape index (κ2) is 9.09. The standard InChI is InChI=1S/C28H23FN6O2/c1-35-14-20(27(34-35)18-5-3-4-6-21(18)29)26-19-11-24(25(37-2)12-23(19)31-15-32-26)33-28(36)17-9-10-22(30-13-17)16-7-8-16/h3-6,9-16H,7-8H2,1-2H3,(H,33,36). The second-order valence-corrected chi connectivity index (χ2v) is 9.04. The van der Waals surface area contributed by atoms with Crippen molar-refractivity contribution in [3.8, 4) is 28.3 Å². The molecule has 1 saturated carbocycles. The molecule has 1 fully saturated rings. The summed E-state index contributed by atoms with van der Waals surface area (Å²) in [5.74, 6) is 0.280. The Labute approximate surface area is 212 Å². The van der Waals surface area contributed by atoms with E-state index in [0.29, 0.717) is 56.3 Å². The maximum absolute atomic E-state index is 14.7. The van der Waals surface area contributed by atoms with Crippen molar-refractivity contribution in [1.82, 2.24) is 24.7 Å². The number of methoxy groups -OCH3 is 1. The topological polar surface area (TPSA) is 94.8 Å². The summed E-state index contributed by atoms with van der Waals surface area (Å²) in [4.78, 5) is 26.4. The first-order valence-corrected chi connectivity index (χ1v) is 11.9. The third-order valence-electron chi connectivity index (χ3n) is 6.46. The first-order valence-electron chi connectivity index (χ1n) is 11.9. The smallest absolute Gasteiger partial charge is 0.257 e. The third-order valence-corrected chi connectivity index (χ3v) is 6.46. The largest absolute Gasteiger partial charge is 0.494 e. The summed E-state index contributed by atoms with van der Waals surface area (Å²) in [7, 11) is 3.30. The predicted molar refractivity (Wildman–Crippen MR) is 138 cm³/mol. The number of fused-ring (bicyclic) bond motifs is 1. The Bertz CT molecular complexity index is 1640. The number of aryl methyl sites for hydroxylation is 1. The molecule has 1 aliphatic rings. The van der Waals surface area contributed by atoms with Gasteiger partial charge in [0.25, 0.3) is 5.91 Å². The number of carbonyl (C=O) groups excluding carboxylic acids is 1. The van der Waals surface area contributed by atoms with Gasteiger partial charge in [-0.05, 0) is 43.2 Å². The van der Waals surface area contributed by atoms with Gasteiger partial charge in [0, 0.05) is 53.6 Å². The number of nitrogens with one attached hydrogen (secondary N) is 1. The van der Waals surface area contributed by atoms with Crippen LogP contribution in [-0.2, 0) is 7.05 Å². The molecule has 0 radical (unpaired) electrons. The molecule has 3 aromatic heterocycles. The number of benzene rings is 2. The monoisotopic (exact) mass is 494 g/mol. The van der Waals surface area contributed by atoms with Gasteiger partial charge in [0.05, 0.1) is 29.6 Å². The predicted octanol–water partition coefficient (Wildman–Crippen LogP) is 5.37. The number of hydrogen-bond donors (Lipinski definition) is 1. The summed E-state index contributed by atoms with van der Waals surface area (Å²) >= 11 is 0. The number of aromatic nitrogens is 5. The van der Waals surface area contributed by atoms with Gasteiger partial charge >= 0.3 is 0 Å². The molecule has 0 bridgehead atoms. The molecule has 184 valence electrons. The Hall–Kier alpha value is -4.66. The van der Waals surface area contributed by atoms with E-state index in [9.17, 15) is 9.18 Å². The van der Waals surface area contributed by atoms with Gasteiger partial charge < -0.3 is 10.1 Å². The van der Waals surface area contributed by atoms with Gasteiger partial charge in [-0.15, -0.1) is 0 Å². The van der Waals surface area contributed by atoms with Crippen molar-refractivity contribution >= 4 is 22.5 Å². The van der Waals surface area contributed by atoms with Crippen LogP contribution in [0.4, 0.5) is 10.1 Å². The van der Waals surface area contributed by atoms with E-state index in [2.05, 4.69) is 25.4 Å². The van der Waals surface area contributed by atoms with Gasteiger partial charge in [-0.1, -0.05) is 12.1 Å². The Balaban J connectivity index is 1.42. The van der Waals surface area contributed by atoms with Crippen LogP contribution in [0.5, 0.6) is 5.75 Å². The van der Waals surface area contributed by atoms with Gasteiger partial charge in [0.15, 0.2) is 0 Å². The van der Waals surface area contributed by atoms with Crippen molar-refractivity contribution in [3.63, 3.8) is 0 Å². The van der Waals surface area contributed by atoms with Gasteiger partial charge in [-0.3, -0.25) is 14.5 Å². The fraction of sp³-hybridized carbons (Fsp3) is 0.179. The zero-order chi connectivity index (χ0) is 25.5. The lowest BCUT2D eigenvalue weighted by atomic mass is 10.0. The van der Waals surface area contributed by atoms with Crippen molar-refractivity contribution in [1.29, 1.82) is 0 Å². The third kappa shape index (κ3) is 4.29. The summed E-state index contributed by atoms with van der Waals surface area (Å²) in [6, 6.07) is 13.7. The highest BCUT2D eigenvalue weighted by Crippen LogP contribution is 2.39. The van der Waals surface area contributed by atoms with Gasteiger partial charge in [0.1, 0.15) is 23.6 Å². The zero-order valence-electron chi connectivity index (χ0n) is 20.3. The SMILES string of the molecule is COc1cc2ncnc(-c3cn(C)nc3-c3ccccc3F)c2cc1NC(=O)c1ccc(C2CC2)nc1. The minimum Gasteiger partial charge on any atom is -0.494 e. The number of anilines is 1. The minimum atomic E-state index is -0.378. The molecule has 0 atom stereocenters. The molecule has 8 nitrogen and oxygen atoms in total.